The van der Waals surface area contributed by atoms with Crippen LogP contribution in [0.2, 0.25) is 10.0 Å². The molecule has 0 saturated heterocycles. The van der Waals surface area contributed by atoms with E-state index in [4.69, 9.17) is 27.9 Å². The molecule has 1 amide bonds. The van der Waals surface area contributed by atoms with Crippen LogP contribution in [0, 0.1) is 0 Å². The van der Waals surface area contributed by atoms with E-state index < -0.39 is 0 Å². The Morgan fingerprint density at radius 1 is 0.963 bits per heavy atom. The average Bonchev–Trinajstić information content (AvgIpc) is 2.68. The van der Waals surface area contributed by atoms with Gasteiger partial charge in [-0.1, -0.05) is 59.6 Å². The number of ether oxygens (including phenoxy) is 1. The first-order chi connectivity index (χ1) is 13.1. The van der Waals surface area contributed by atoms with Crippen LogP contribution in [0.5, 0.6) is 5.75 Å². The molecular weight excluding hydrogens is 401 g/mol. The highest BCUT2D eigenvalue weighted by Gasteiger charge is 2.04. The molecule has 0 atom stereocenters. The van der Waals surface area contributed by atoms with E-state index in [9.17, 15) is 4.79 Å². The Labute approximate surface area is 173 Å². The van der Waals surface area contributed by atoms with Gasteiger partial charge in [0.1, 0.15) is 5.75 Å². The van der Waals surface area contributed by atoms with Crippen molar-refractivity contribution in [1.29, 1.82) is 0 Å². The predicted octanol–water partition coefficient (Wildman–Crippen LogP) is 5.58. The van der Waals surface area contributed by atoms with Gasteiger partial charge in [0.2, 0.25) is 0 Å². The molecule has 0 bridgehead atoms. The lowest BCUT2D eigenvalue weighted by Gasteiger charge is -2.08. The van der Waals surface area contributed by atoms with Crippen LogP contribution in [-0.4, -0.2) is 24.8 Å². The summed E-state index contributed by atoms with van der Waals surface area (Å²) >= 11 is 13.6. The minimum Gasteiger partial charge on any atom is -0.484 e. The number of carbonyl (C=O) groups excluding carboxylic acids is 1. The largest absolute Gasteiger partial charge is 0.484 e. The van der Waals surface area contributed by atoms with Crippen molar-refractivity contribution in [3.8, 4) is 5.75 Å². The second-order valence-corrected chi connectivity index (χ2v) is 7.87. The summed E-state index contributed by atoms with van der Waals surface area (Å²) < 4.78 is 5.58. The Morgan fingerprint density at radius 2 is 1.78 bits per heavy atom. The number of hydrogen-bond acceptors (Lipinski definition) is 3. The van der Waals surface area contributed by atoms with Gasteiger partial charge >= 0.3 is 0 Å². The van der Waals surface area contributed by atoms with Crippen LogP contribution in [0.15, 0.2) is 60.7 Å². The van der Waals surface area contributed by atoms with E-state index in [0.29, 0.717) is 22.3 Å². The van der Waals surface area contributed by atoms with Gasteiger partial charge in [0, 0.05) is 18.1 Å². The first-order valence-electron chi connectivity index (χ1n) is 8.52. The number of fused-ring (bicyclic) bond motifs is 1. The van der Waals surface area contributed by atoms with Crippen LogP contribution in [0.4, 0.5) is 0 Å². The van der Waals surface area contributed by atoms with Crippen molar-refractivity contribution >= 4 is 51.6 Å². The minimum atomic E-state index is -0.127. The summed E-state index contributed by atoms with van der Waals surface area (Å²) in [5.74, 6) is 2.19. The number of benzene rings is 3. The third-order valence-corrected chi connectivity index (χ3v) is 5.68. The Hall–Kier alpha value is -1.88. The molecule has 0 unspecified atom stereocenters. The molecule has 3 rings (SSSR count). The molecule has 0 spiro atoms. The second kappa shape index (κ2) is 9.88. The topological polar surface area (TPSA) is 38.3 Å². The zero-order valence-electron chi connectivity index (χ0n) is 14.6. The van der Waals surface area contributed by atoms with Crippen molar-refractivity contribution in [2.45, 2.75) is 5.75 Å². The molecule has 0 saturated carbocycles. The number of halogens is 2. The van der Waals surface area contributed by atoms with Gasteiger partial charge < -0.3 is 10.1 Å². The van der Waals surface area contributed by atoms with Crippen LogP contribution in [0.25, 0.3) is 10.8 Å². The van der Waals surface area contributed by atoms with Crippen molar-refractivity contribution in [3.63, 3.8) is 0 Å². The van der Waals surface area contributed by atoms with Crippen LogP contribution >= 0.6 is 35.0 Å². The van der Waals surface area contributed by atoms with Gasteiger partial charge in [-0.3, -0.25) is 4.79 Å². The smallest absolute Gasteiger partial charge is 0.257 e. The molecule has 1 N–H and O–H groups in total. The summed E-state index contributed by atoms with van der Waals surface area (Å²) in [6, 6.07) is 19.5. The van der Waals surface area contributed by atoms with Gasteiger partial charge in [0.05, 0.1) is 10.0 Å². The maximum Gasteiger partial charge on any atom is 0.257 e. The van der Waals surface area contributed by atoms with Crippen LogP contribution in [-0.2, 0) is 10.5 Å². The van der Waals surface area contributed by atoms with E-state index in [0.717, 1.165) is 27.8 Å². The Balaban J connectivity index is 1.35. The minimum absolute atomic E-state index is 0.00972. The van der Waals surface area contributed by atoms with E-state index in [2.05, 4.69) is 5.32 Å². The SMILES string of the molecule is O=C(COc1ccc2ccccc2c1)NCCSCc1ccc(Cl)c(Cl)c1. The maximum absolute atomic E-state index is 11.9. The fraction of sp³-hybridized carbons (Fsp3) is 0.190. The molecule has 3 aromatic carbocycles. The molecule has 0 heterocycles. The maximum atomic E-state index is 11.9. The summed E-state index contributed by atoms with van der Waals surface area (Å²) in [6.45, 7) is 0.599. The third kappa shape index (κ3) is 6.06. The molecule has 0 aliphatic rings. The van der Waals surface area contributed by atoms with Crippen molar-refractivity contribution in [2.75, 3.05) is 18.9 Å². The van der Waals surface area contributed by atoms with E-state index in [1.807, 2.05) is 54.6 Å². The van der Waals surface area contributed by atoms with Gasteiger partial charge in [0.15, 0.2) is 6.61 Å². The highest BCUT2D eigenvalue weighted by atomic mass is 35.5. The summed E-state index contributed by atoms with van der Waals surface area (Å²) in [7, 11) is 0. The first-order valence-corrected chi connectivity index (χ1v) is 10.4. The third-order valence-electron chi connectivity index (χ3n) is 3.91. The molecule has 140 valence electrons. The quantitative estimate of drug-likeness (QED) is 0.484. The average molecular weight is 420 g/mol. The zero-order valence-corrected chi connectivity index (χ0v) is 16.9. The van der Waals surface area contributed by atoms with Crippen molar-refractivity contribution in [2.24, 2.45) is 0 Å². The van der Waals surface area contributed by atoms with Gasteiger partial charge in [0.25, 0.3) is 5.91 Å². The molecule has 0 aliphatic heterocycles. The first kappa shape index (κ1) is 19.9. The molecule has 6 heteroatoms. The van der Waals surface area contributed by atoms with Crippen molar-refractivity contribution in [3.05, 3.63) is 76.3 Å². The monoisotopic (exact) mass is 419 g/mol. The number of carbonyl (C=O) groups is 1. The van der Waals surface area contributed by atoms with Crippen molar-refractivity contribution < 1.29 is 9.53 Å². The molecule has 0 fully saturated rings. The standard InChI is InChI=1S/C21H19Cl2NO2S/c22-19-8-5-15(11-20(19)23)14-27-10-9-24-21(25)13-26-18-7-6-16-3-1-2-4-17(16)12-18/h1-8,11-12H,9-10,13-14H2,(H,24,25). The molecule has 3 nitrogen and oxygen atoms in total. The van der Waals surface area contributed by atoms with Crippen molar-refractivity contribution in [1.82, 2.24) is 5.32 Å². The molecule has 0 radical (unpaired) electrons. The number of thioether (sulfide) groups is 1. The summed E-state index contributed by atoms with van der Waals surface area (Å²) in [6.07, 6.45) is 0. The molecular formula is C21H19Cl2NO2S. The number of amides is 1. The molecule has 0 aliphatic carbocycles. The highest BCUT2D eigenvalue weighted by Crippen LogP contribution is 2.24. The fourth-order valence-electron chi connectivity index (χ4n) is 2.54. The van der Waals surface area contributed by atoms with E-state index >= 15 is 0 Å². The van der Waals surface area contributed by atoms with Gasteiger partial charge in [-0.2, -0.15) is 11.8 Å². The number of rotatable bonds is 8. The Kier molecular flexibility index (Phi) is 7.27. The zero-order chi connectivity index (χ0) is 19.1. The predicted molar refractivity (Wildman–Crippen MR) is 115 cm³/mol. The molecule has 0 aromatic heterocycles. The van der Waals surface area contributed by atoms with E-state index in [-0.39, 0.29) is 12.5 Å². The van der Waals surface area contributed by atoms with Crippen LogP contribution in [0.3, 0.4) is 0 Å². The Morgan fingerprint density at radius 3 is 2.59 bits per heavy atom. The van der Waals surface area contributed by atoms with Gasteiger partial charge in [-0.25, -0.2) is 0 Å². The van der Waals surface area contributed by atoms with Crippen LogP contribution in [0.1, 0.15) is 5.56 Å². The number of nitrogens with one attached hydrogen (secondary N) is 1. The summed E-state index contributed by atoms with van der Waals surface area (Å²) in [5, 5.41) is 6.23. The lowest BCUT2D eigenvalue weighted by molar-refractivity contribution is -0.122. The molecule has 3 aromatic rings. The van der Waals surface area contributed by atoms with Gasteiger partial charge in [-0.15, -0.1) is 0 Å². The lowest BCUT2D eigenvalue weighted by atomic mass is 10.1. The normalized spacial score (nSPS) is 10.7. The fourth-order valence-corrected chi connectivity index (χ4v) is 3.67. The van der Waals surface area contributed by atoms with Crippen LogP contribution < -0.4 is 10.1 Å². The summed E-state index contributed by atoms with van der Waals surface area (Å²) in [5.41, 5.74) is 1.11. The second-order valence-electron chi connectivity index (χ2n) is 5.95. The van der Waals surface area contributed by atoms with E-state index in [1.54, 1.807) is 17.8 Å². The van der Waals surface area contributed by atoms with E-state index in [1.165, 1.54) is 0 Å². The summed E-state index contributed by atoms with van der Waals surface area (Å²) in [4.78, 5) is 11.9. The highest BCUT2D eigenvalue weighted by molar-refractivity contribution is 7.98. The lowest BCUT2D eigenvalue weighted by Crippen LogP contribution is -2.30. The number of hydrogen-bond donors (Lipinski definition) is 1. The van der Waals surface area contributed by atoms with Gasteiger partial charge in [-0.05, 0) is 40.6 Å². The molecule has 27 heavy (non-hydrogen) atoms. The Bertz CT molecular complexity index is 933.